The van der Waals surface area contributed by atoms with E-state index in [0.717, 1.165) is 10.7 Å². The Morgan fingerprint density at radius 2 is 2.04 bits per heavy atom. The van der Waals surface area contributed by atoms with E-state index in [9.17, 15) is 18.0 Å². The molecule has 0 amide bonds. The molecule has 28 heavy (non-hydrogen) atoms. The van der Waals surface area contributed by atoms with Crippen LogP contribution in [0.4, 0.5) is 13.2 Å². The number of benzene rings is 1. The molecular weight excluding hydrogens is 424 g/mol. The van der Waals surface area contributed by atoms with Crippen molar-refractivity contribution in [2.75, 3.05) is 13.7 Å². The number of esters is 1. The lowest BCUT2D eigenvalue weighted by Gasteiger charge is -2.11. The van der Waals surface area contributed by atoms with Crippen molar-refractivity contribution in [3.05, 3.63) is 39.6 Å². The van der Waals surface area contributed by atoms with Crippen LogP contribution in [-0.2, 0) is 16.6 Å². The largest absolute Gasteiger partial charge is 0.488 e. The summed E-state index contributed by atoms with van der Waals surface area (Å²) in [6.45, 7) is -1.53. The number of methoxy groups -OCH3 is 1. The van der Waals surface area contributed by atoms with E-state index in [-0.39, 0.29) is 33.7 Å². The predicted molar refractivity (Wildman–Crippen MR) is 96.5 cm³/mol. The summed E-state index contributed by atoms with van der Waals surface area (Å²) in [6.07, 6.45) is 1.22. The molecule has 0 aliphatic heterocycles. The number of aryl methyl sites for hydroxylation is 1. The average Bonchev–Trinajstić information content (AvgIpc) is 2.88. The van der Waals surface area contributed by atoms with Crippen molar-refractivity contribution in [1.82, 2.24) is 9.78 Å². The fourth-order valence-corrected chi connectivity index (χ4v) is 2.69. The Balaban J connectivity index is 2.36. The average molecular weight is 439 g/mol. The third kappa shape index (κ3) is 5.11. The van der Waals surface area contributed by atoms with E-state index in [0.29, 0.717) is 5.57 Å². The van der Waals surface area contributed by atoms with Crippen LogP contribution in [-0.4, -0.2) is 36.1 Å². The van der Waals surface area contributed by atoms with Gasteiger partial charge in [-0.25, -0.2) is 13.9 Å². The first-order valence-electron chi connectivity index (χ1n) is 7.68. The Morgan fingerprint density at radius 3 is 2.64 bits per heavy atom. The molecule has 1 aromatic heterocycles. The number of alkyl halides is 2. The van der Waals surface area contributed by atoms with Gasteiger partial charge < -0.3 is 14.2 Å². The minimum Gasteiger partial charge on any atom is -0.488 e. The molecule has 0 saturated carbocycles. The van der Waals surface area contributed by atoms with Gasteiger partial charge in [-0.15, -0.1) is 0 Å². The van der Waals surface area contributed by atoms with Gasteiger partial charge >= 0.3 is 12.6 Å². The van der Waals surface area contributed by atoms with Gasteiger partial charge in [-0.05, 0) is 24.6 Å². The fourth-order valence-electron chi connectivity index (χ4n) is 2.18. The van der Waals surface area contributed by atoms with Gasteiger partial charge in [0.25, 0.3) is 0 Å². The van der Waals surface area contributed by atoms with Crippen molar-refractivity contribution < 1.29 is 32.2 Å². The lowest BCUT2D eigenvalue weighted by atomic mass is 10.1. The molecule has 0 fully saturated rings. The zero-order chi connectivity index (χ0) is 21.0. The number of ether oxygens (including phenoxy) is 3. The molecule has 0 aliphatic carbocycles. The summed E-state index contributed by atoms with van der Waals surface area (Å²) in [5.41, 5.74) is 0.275. The van der Waals surface area contributed by atoms with Crippen LogP contribution < -0.4 is 9.47 Å². The third-order valence-corrected chi connectivity index (χ3v) is 4.07. The molecule has 0 unspecified atom stereocenters. The number of hydrogen-bond donors (Lipinski definition) is 0. The molecule has 1 aromatic carbocycles. The van der Waals surface area contributed by atoms with E-state index in [1.165, 1.54) is 26.3 Å². The smallest absolute Gasteiger partial charge is 0.388 e. The number of rotatable bonds is 7. The Hall–Kier alpha value is -2.39. The molecule has 6 nitrogen and oxygen atoms in total. The number of halogens is 5. The van der Waals surface area contributed by atoms with Crippen LogP contribution in [0.5, 0.6) is 11.6 Å². The lowest BCUT2D eigenvalue weighted by Crippen LogP contribution is -2.06. The highest BCUT2D eigenvalue weighted by Gasteiger charge is 2.23. The number of nitrogens with zero attached hydrogens (tertiary/aromatic N) is 2. The molecule has 0 spiro atoms. The van der Waals surface area contributed by atoms with E-state index in [4.69, 9.17) is 27.9 Å². The Morgan fingerprint density at radius 1 is 1.36 bits per heavy atom. The maximum atomic E-state index is 14.4. The molecule has 2 aromatic rings. The summed E-state index contributed by atoms with van der Waals surface area (Å²) >= 11 is 12.0. The van der Waals surface area contributed by atoms with Crippen molar-refractivity contribution >= 4 is 29.2 Å². The second kappa shape index (κ2) is 9.20. The first-order chi connectivity index (χ1) is 13.1. The van der Waals surface area contributed by atoms with Gasteiger partial charge in [0.1, 0.15) is 28.9 Å². The van der Waals surface area contributed by atoms with Gasteiger partial charge in [0.05, 0.1) is 12.1 Å². The van der Waals surface area contributed by atoms with Crippen LogP contribution in [0.25, 0.3) is 11.3 Å². The third-order valence-electron chi connectivity index (χ3n) is 3.44. The maximum Gasteiger partial charge on any atom is 0.388 e. The molecule has 152 valence electrons. The second-order valence-corrected chi connectivity index (χ2v) is 6.32. The van der Waals surface area contributed by atoms with Crippen molar-refractivity contribution in [3.8, 4) is 22.9 Å². The summed E-state index contributed by atoms with van der Waals surface area (Å²) < 4.78 is 54.7. The van der Waals surface area contributed by atoms with E-state index >= 15 is 0 Å². The van der Waals surface area contributed by atoms with Gasteiger partial charge in [0, 0.05) is 18.7 Å². The van der Waals surface area contributed by atoms with Gasteiger partial charge in [0.2, 0.25) is 5.88 Å². The van der Waals surface area contributed by atoms with Gasteiger partial charge in [-0.3, -0.25) is 0 Å². The minimum absolute atomic E-state index is 0.0322. The van der Waals surface area contributed by atoms with Crippen molar-refractivity contribution in [2.45, 2.75) is 13.5 Å². The molecule has 2 rings (SSSR count). The van der Waals surface area contributed by atoms with E-state index < -0.39 is 24.3 Å². The molecule has 0 radical (unpaired) electrons. The summed E-state index contributed by atoms with van der Waals surface area (Å²) in [4.78, 5) is 11.2. The molecular formula is C17H15Cl2F3N2O4. The number of carbonyl (C=O) groups is 1. The molecule has 1 heterocycles. The molecule has 0 saturated heterocycles. The highest BCUT2D eigenvalue weighted by Crippen LogP contribution is 2.39. The van der Waals surface area contributed by atoms with Gasteiger partial charge in [0.15, 0.2) is 0 Å². The molecule has 11 heteroatoms. The number of hydrogen-bond acceptors (Lipinski definition) is 5. The minimum atomic E-state index is -3.13. The zero-order valence-electron chi connectivity index (χ0n) is 14.9. The second-order valence-electron chi connectivity index (χ2n) is 5.53. The highest BCUT2D eigenvalue weighted by atomic mass is 35.5. The maximum absolute atomic E-state index is 14.4. The predicted octanol–water partition coefficient (Wildman–Crippen LogP) is 4.63. The number of carbonyl (C=O) groups excluding carboxylic acids is 1. The summed E-state index contributed by atoms with van der Waals surface area (Å²) in [5.74, 6) is -1.68. The zero-order valence-corrected chi connectivity index (χ0v) is 16.4. The first kappa shape index (κ1) is 21.9. The van der Waals surface area contributed by atoms with Crippen molar-refractivity contribution in [2.24, 2.45) is 7.05 Å². The van der Waals surface area contributed by atoms with Crippen LogP contribution in [0.3, 0.4) is 0 Å². The monoisotopic (exact) mass is 438 g/mol. The van der Waals surface area contributed by atoms with E-state index in [2.05, 4.69) is 14.6 Å². The van der Waals surface area contributed by atoms with Crippen LogP contribution in [0, 0.1) is 5.82 Å². The van der Waals surface area contributed by atoms with Crippen LogP contribution in [0.2, 0.25) is 10.0 Å². The SMILES string of the molecule is COC(=O)C=C(C)COc1cc(-c2nn(C)c(OC(F)F)c2Cl)c(F)cc1Cl. The molecule has 0 aliphatic rings. The van der Waals surface area contributed by atoms with E-state index in [1.54, 1.807) is 6.92 Å². The Kier molecular flexibility index (Phi) is 7.20. The topological polar surface area (TPSA) is 62.6 Å². The van der Waals surface area contributed by atoms with E-state index in [1.807, 2.05) is 0 Å². The van der Waals surface area contributed by atoms with Crippen LogP contribution in [0.1, 0.15) is 6.92 Å². The fraction of sp³-hybridized carbons (Fsp3) is 0.294. The van der Waals surface area contributed by atoms with Crippen molar-refractivity contribution in [1.29, 1.82) is 0 Å². The Bertz CT molecular complexity index is 916. The molecule has 0 atom stereocenters. The first-order valence-corrected chi connectivity index (χ1v) is 8.44. The lowest BCUT2D eigenvalue weighted by molar-refractivity contribution is -0.134. The van der Waals surface area contributed by atoms with Crippen molar-refractivity contribution in [3.63, 3.8) is 0 Å². The Labute approximate surface area is 168 Å². The van der Waals surface area contributed by atoms with Gasteiger partial charge in [-0.1, -0.05) is 23.2 Å². The highest BCUT2D eigenvalue weighted by molar-refractivity contribution is 6.34. The molecule has 0 bridgehead atoms. The summed E-state index contributed by atoms with van der Waals surface area (Å²) in [5, 5.41) is 3.59. The summed E-state index contributed by atoms with van der Waals surface area (Å²) in [7, 11) is 2.55. The quantitative estimate of drug-likeness (QED) is 0.465. The standard InChI is InChI=1S/C17H15Cl2F3N2O4/c1-8(4-13(25)26-3)7-27-12-5-9(11(20)6-10(12)18)15-14(19)16(24(2)23-15)28-17(21)22/h4-6,17H,7H2,1-3H3. The summed E-state index contributed by atoms with van der Waals surface area (Å²) in [6, 6.07) is 2.20. The normalized spacial score (nSPS) is 11.7. The number of aromatic nitrogens is 2. The van der Waals surface area contributed by atoms with Crippen LogP contribution in [0.15, 0.2) is 23.8 Å². The van der Waals surface area contributed by atoms with Crippen LogP contribution >= 0.6 is 23.2 Å². The van der Waals surface area contributed by atoms with Gasteiger partial charge in [-0.2, -0.15) is 13.9 Å². The molecule has 0 N–H and O–H groups in total.